The number of hydrogen-bond acceptors (Lipinski definition) is 3. The van der Waals surface area contributed by atoms with E-state index in [4.69, 9.17) is 14.8 Å². The quantitative estimate of drug-likeness (QED) is 0.618. The van der Waals surface area contributed by atoms with Crippen LogP contribution in [0.4, 0.5) is 0 Å². The fraction of sp³-hybridized carbons (Fsp3) is 0.143. The van der Waals surface area contributed by atoms with Crippen molar-refractivity contribution >= 4 is 7.12 Å². The predicted octanol–water partition coefficient (Wildman–Crippen LogP) is 0.881. The van der Waals surface area contributed by atoms with Gasteiger partial charge in [-0.25, -0.2) is 0 Å². The van der Waals surface area contributed by atoms with Crippen molar-refractivity contribution in [3.63, 3.8) is 0 Å². The number of hydrogen-bond donors (Lipinski definition) is 2. The Morgan fingerprint density at radius 1 is 1.45 bits per heavy atom. The maximum absolute atomic E-state index is 8.96. The normalized spacial score (nSPS) is 9.27. The maximum atomic E-state index is 8.96. The highest BCUT2D eigenvalue weighted by Gasteiger charge is 2.05. The molecule has 11 heavy (non-hydrogen) atoms. The van der Waals surface area contributed by atoms with Crippen molar-refractivity contribution in [2.24, 2.45) is 0 Å². The van der Waals surface area contributed by atoms with Gasteiger partial charge >= 0.3 is 7.12 Å². The Balaban J connectivity index is 2.71. The molecule has 0 aromatic heterocycles. The molecule has 0 atom stereocenters. The van der Waals surface area contributed by atoms with Crippen LogP contribution in [0.5, 0.6) is 11.5 Å². The Hall–Kier alpha value is -1.16. The third-order valence-corrected chi connectivity index (χ3v) is 1.12. The van der Waals surface area contributed by atoms with E-state index in [1.807, 2.05) is 0 Å². The van der Waals surface area contributed by atoms with Gasteiger partial charge in [0.15, 0.2) is 0 Å². The molecule has 3 nitrogen and oxygen atoms in total. The van der Waals surface area contributed by atoms with Gasteiger partial charge in [0.25, 0.3) is 0 Å². The van der Waals surface area contributed by atoms with Crippen molar-refractivity contribution in [3.8, 4) is 11.5 Å². The zero-order valence-electron chi connectivity index (χ0n) is 6.19. The number of rotatable bonds is 2. The third kappa shape index (κ3) is 2.51. The smallest absolute Gasteiger partial charge is 0.519 e. The lowest BCUT2D eigenvalue weighted by Gasteiger charge is -2.05. The summed E-state index contributed by atoms with van der Waals surface area (Å²) in [6.45, 7) is 1.50. The predicted molar refractivity (Wildman–Crippen MR) is 42.6 cm³/mol. The molecule has 1 rings (SSSR count). The molecule has 1 aromatic carbocycles. The Bertz CT molecular complexity index is 237. The van der Waals surface area contributed by atoms with Gasteiger partial charge in [-0.3, -0.25) is 0 Å². The van der Waals surface area contributed by atoms with Gasteiger partial charge in [0.2, 0.25) is 0 Å². The highest BCUT2D eigenvalue weighted by molar-refractivity contribution is 6.41. The molecule has 0 aliphatic carbocycles. The standard InChI is InChI=1S/C7H9BO3/c1-8(10)11-7-4-2-3-6(9)5-7/h2-5,9-10H,1H3. The van der Waals surface area contributed by atoms with Crippen LogP contribution in [-0.2, 0) is 0 Å². The summed E-state index contributed by atoms with van der Waals surface area (Å²) in [6, 6.07) is 6.28. The molecule has 0 unspecified atom stereocenters. The summed E-state index contributed by atoms with van der Waals surface area (Å²) in [5.74, 6) is 0.586. The minimum atomic E-state index is -0.850. The molecule has 0 saturated heterocycles. The van der Waals surface area contributed by atoms with Gasteiger partial charge in [-0.1, -0.05) is 6.07 Å². The highest BCUT2D eigenvalue weighted by atomic mass is 16.5. The van der Waals surface area contributed by atoms with E-state index in [-0.39, 0.29) is 5.75 Å². The van der Waals surface area contributed by atoms with E-state index in [1.165, 1.54) is 19.0 Å². The average Bonchev–Trinajstić information content (AvgIpc) is 1.85. The molecule has 0 heterocycles. The van der Waals surface area contributed by atoms with E-state index in [1.54, 1.807) is 12.1 Å². The highest BCUT2D eigenvalue weighted by Crippen LogP contribution is 2.17. The van der Waals surface area contributed by atoms with Crippen molar-refractivity contribution in [3.05, 3.63) is 24.3 Å². The first-order valence-electron chi connectivity index (χ1n) is 3.32. The van der Waals surface area contributed by atoms with E-state index in [2.05, 4.69) is 0 Å². The zero-order chi connectivity index (χ0) is 8.27. The number of benzene rings is 1. The van der Waals surface area contributed by atoms with Crippen LogP contribution in [0.2, 0.25) is 6.82 Å². The fourth-order valence-corrected chi connectivity index (χ4v) is 0.754. The number of phenols is 1. The van der Waals surface area contributed by atoms with Gasteiger partial charge in [-0.2, -0.15) is 0 Å². The van der Waals surface area contributed by atoms with Crippen LogP contribution in [0, 0.1) is 0 Å². The van der Waals surface area contributed by atoms with E-state index >= 15 is 0 Å². The number of phenolic OH excluding ortho intramolecular Hbond substituents is 1. The first kappa shape index (κ1) is 7.95. The first-order valence-corrected chi connectivity index (χ1v) is 3.32. The van der Waals surface area contributed by atoms with Crippen LogP contribution in [0.15, 0.2) is 24.3 Å². The molecular formula is C7H9BO3. The lowest BCUT2D eigenvalue weighted by Crippen LogP contribution is -2.15. The largest absolute Gasteiger partial charge is 0.536 e. The van der Waals surface area contributed by atoms with Gasteiger partial charge in [-0.15, -0.1) is 0 Å². The van der Waals surface area contributed by atoms with Gasteiger partial charge < -0.3 is 14.8 Å². The summed E-state index contributed by atoms with van der Waals surface area (Å²) < 4.78 is 4.89. The fourth-order valence-electron chi connectivity index (χ4n) is 0.754. The van der Waals surface area contributed by atoms with Gasteiger partial charge in [-0.05, 0) is 19.0 Å². The molecule has 1 aromatic rings. The van der Waals surface area contributed by atoms with Crippen molar-refractivity contribution < 1.29 is 14.8 Å². The van der Waals surface area contributed by atoms with Crippen molar-refractivity contribution in [2.45, 2.75) is 6.82 Å². The molecule has 0 bridgehead atoms. The first-order chi connectivity index (χ1) is 5.18. The average molecular weight is 152 g/mol. The second kappa shape index (κ2) is 3.30. The Morgan fingerprint density at radius 2 is 2.18 bits per heavy atom. The van der Waals surface area contributed by atoms with Crippen molar-refractivity contribution in [1.82, 2.24) is 0 Å². The monoisotopic (exact) mass is 152 g/mol. The molecule has 0 fully saturated rings. The lowest BCUT2D eigenvalue weighted by molar-refractivity contribution is 0.420. The summed E-state index contributed by atoms with van der Waals surface area (Å²) in [7, 11) is -0.850. The minimum Gasteiger partial charge on any atom is -0.536 e. The summed E-state index contributed by atoms with van der Waals surface area (Å²) in [5, 5.41) is 17.8. The second-order valence-electron chi connectivity index (χ2n) is 2.21. The van der Waals surface area contributed by atoms with Gasteiger partial charge in [0, 0.05) is 6.07 Å². The van der Waals surface area contributed by atoms with E-state index in [0.717, 1.165) is 0 Å². The van der Waals surface area contributed by atoms with E-state index in [0.29, 0.717) is 5.75 Å². The summed E-state index contributed by atoms with van der Waals surface area (Å²) in [4.78, 5) is 0. The van der Waals surface area contributed by atoms with Crippen molar-refractivity contribution in [2.75, 3.05) is 0 Å². The summed E-state index contributed by atoms with van der Waals surface area (Å²) >= 11 is 0. The summed E-state index contributed by atoms with van der Waals surface area (Å²) in [5.41, 5.74) is 0. The van der Waals surface area contributed by atoms with E-state index in [9.17, 15) is 0 Å². The van der Waals surface area contributed by atoms with Gasteiger partial charge in [0.1, 0.15) is 11.5 Å². The zero-order valence-corrected chi connectivity index (χ0v) is 6.19. The molecule has 0 saturated carbocycles. The van der Waals surface area contributed by atoms with Crippen LogP contribution < -0.4 is 4.65 Å². The summed E-state index contributed by atoms with van der Waals surface area (Å²) in [6.07, 6.45) is 0. The molecule has 58 valence electrons. The van der Waals surface area contributed by atoms with Crippen LogP contribution in [-0.4, -0.2) is 17.2 Å². The maximum Gasteiger partial charge on any atom is 0.519 e. The van der Waals surface area contributed by atoms with Gasteiger partial charge in [0.05, 0.1) is 0 Å². The van der Waals surface area contributed by atoms with Crippen LogP contribution >= 0.6 is 0 Å². The molecule has 0 spiro atoms. The van der Waals surface area contributed by atoms with Crippen LogP contribution in [0.1, 0.15) is 0 Å². The molecule has 4 heteroatoms. The van der Waals surface area contributed by atoms with Crippen LogP contribution in [0.3, 0.4) is 0 Å². The molecule has 0 radical (unpaired) electrons. The minimum absolute atomic E-state index is 0.128. The topological polar surface area (TPSA) is 49.7 Å². The van der Waals surface area contributed by atoms with E-state index < -0.39 is 7.12 Å². The lowest BCUT2D eigenvalue weighted by atomic mass is 9.97. The Morgan fingerprint density at radius 3 is 2.73 bits per heavy atom. The Kier molecular flexibility index (Phi) is 2.38. The molecule has 0 amide bonds. The molecular weight excluding hydrogens is 143 g/mol. The molecule has 0 aliphatic rings. The second-order valence-corrected chi connectivity index (χ2v) is 2.21. The SMILES string of the molecule is CB(O)Oc1cccc(O)c1. The number of aromatic hydroxyl groups is 1. The molecule has 2 N–H and O–H groups in total. The van der Waals surface area contributed by atoms with Crippen molar-refractivity contribution in [1.29, 1.82) is 0 Å². The van der Waals surface area contributed by atoms with Crippen LogP contribution in [0.25, 0.3) is 0 Å². The Labute approximate surface area is 65.4 Å². The molecule has 0 aliphatic heterocycles. The third-order valence-electron chi connectivity index (χ3n) is 1.12.